The molecular weight excluding hydrogens is 364 g/mol. The smallest absolute Gasteiger partial charge is 0.279 e. The Labute approximate surface area is 161 Å². The summed E-state index contributed by atoms with van der Waals surface area (Å²) in [5.41, 5.74) is 6.68. The molecule has 1 aliphatic heterocycles. The standard InChI is InChI=1S/C20H22N2O4S/c23-19(14-7-8-15-16(11-14)26-10-9-25-15)21-22-20(24)18-12-13-5-3-1-2-4-6-17(13)27-18/h7-8,11-12H,1-6,9-10H2,(H,21,23)(H,22,24). The predicted octanol–water partition coefficient (Wildman–Crippen LogP) is 3.25. The third kappa shape index (κ3) is 4.08. The van der Waals surface area contributed by atoms with E-state index in [0.29, 0.717) is 35.2 Å². The second-order valence-corrected chi connectivity index (χ2v) is 7.88. The first-order chi connectivity index (χ1) is 13.2. The summed E-state index contributed by atoms with van der Waals surface area (Å²) in [5.74, 6) is 0.490. The van der Waals surface area contributed by atoms with Gasteiger partial charge in [0.1, 0.15) is 13.2 Å². The molecule has 1 aromatic heterocycles. The predicted molar refractivity (Wildman–Crippen MR) is 103 cm³/mol. The van der Waals surface area contributed by atoms with Crippen molar-refractivity contribution in [3.8, 4) is 11.5 Å². The van der Waals surface area contributed by atoms with E-state index in [-0.39, 0.29) is 5.91 Å². The number of benzene rings is 1. The number of ether oxygens (including phenoxy) is 2. The van der Waals surface area contributed by atoms with Gasteiger partial charge in [0, 0.05) is 10.4 Å². The quantitative estimate of drug-likeness (QED) is 0.777. The van der Waals surface area contributed by atoms with E-state index >= 15 is 0 Å². The first-order valence-electron chi connectivity index (χ1n) is 9.32. The van der Waals surface area contributed by atoms with E-state index in [1.54, 1.807) is 18.2 Å². The van der Waals surface area contributed by atoms with Gasteiger partial charge in [0.2, 0.25) is 0 Å². The molecule has 2 amide bonds. The van der Waals surface area contributed by atoms with Gasteiger partial charge in [-0.3, -0.25) is 20.4 Å². The fraction of sp³-hybridized carbons (Fsp3) is 0.400. The average Bonchev–Trinajstić information content (AvgIpc) is 3.07. The van der Waals surface area contributed by atoms with Crippen LogP contribution in [-0.2, 0) is 12.8 Å². The van der Waals surface area contributed by atoms with Crippen molar-refractivity contribution < 1.29 is 19.1 Å². The van der Waals surface area contributed by atoms with E-state index in [0.717, 1.165) is 12.8 Å². The van der Waals surface area contributed by atoms with Crippen LogP contribution < -0.4 is 20.3 Å². The lowest BCUT2D eigenvalue weighted by Crippen LogP contribution is -2.41. The van der Waals surface area contributed by atoms with Crippen molar-refractivity contribution in [3.63, 3.8) is 0 Å². The third-order valence-corrected chi connectivity index (χ3v) is 6.05. The van der Waals surface area contributed by atoms with Gasteiger partial charge < -0.3 is 9.47 Å². The molecule has 1 aliphatic carbocycles. The number of nitrogens with one attached hydrogen (secondary N) is 2. The molecular formula is C20H22N2O4S. The molecule has 7 heteroatoms. The number of fused-ring (bicyclic) bond motifs is 2. The Morgan fingerprint density at radius 2 is 1.59 bits per heavy atom. The maximum Gasteiger partial charge on any atom is 0.279 e. The Bertz CT molecular complexity index is 836. The van der Waals surface area contributed by atoms with Gasteiger partial charge >= 0.3 is 0 Å². The molecule has 2 N–H and O–H groups in total. The Morgan fingerprint density at radius 1 is 0.852 bits per heavy atom. The lowest BCUT2D eigenvalue weighted by atomic mass is 10.00. The summed E-state index contributed by atoms with van der Waals surface area (Å²) in [4.78, 5) is 26.7. The largest absolute Gasteiger partial charge is 0.486 e. The van der Waals surface area contributed by atoms with Gasteiger partial charge in [-0.2, -0.15) is 0 Å². The molecule has 0 radical (unpaired) electrons. The number of hydrogen-bond donors (Lipinski definition) is 2. The van der Waals surface area contributed by atoms with Crippen LogP contribution in [0, 0.1) is 0 Å². The fourth-order valence-corrected chi connectivity index (χ4v) is 4.54. The van der Waals surface area contributed by atoms with E-state index < -0.39 is 5.91 Å². The summed E-state index contributed by atoms with van der Waals surface area (Å²) in [5, 5.41) is 0. The summed E-state index contributed by atoms with van der Waals surface area (Å²) >= 11 is 1.53. The Balaban J connectivity index is 1.39. The summed E-state index contributed by atoms with van der Waals surface area (Å²) in [6, 6.07) is 6.93. The lowest BCUT2D eigenvalue weighted by Gasteiger charge is -2.18. The van der Waals surface area contributed by atoms with E-state index in [4.69, 9.17) is 9.47 Å². The second-order valence-electron chi connectivity index (χ2n) is 6.74. The van der Waals surface area contributed by atoms with Crippen LogP contribution >= 0.6 is 11.3 Å². The number of hydrogen-bond acceptors (Lipinski definition) is 5. The monoisotopic (exact) mass is 386 g/mol. The van der Waals surface area contributed by atoms with Gasteiger partial charge in [0.15, 0.2) is 11.5 Å². The molecule has 0 spiro atoms. The van der Waals surface area contributed by atoms with Gasteiger partial charge in [-0.15, -0.1) is 11.3 Å². The zero-order valence-electron chi connectivity index (χ0n) is 15.0. The molecule has 6 nitrogen and oxygen atoms in total. The summed E-state index contributed by atoms with van der Waals surface area (Å²) in [7, 11) is 0. The van der Waals surface area contributed by atoms with Crippen LogP contribution in [0.4, 0.5) is 0 Å². The summed E-state index contributed by atoms with van der Waals surface area (Å²) < 4.78 is 10.9. The van der Waals surface area contributed by atoms with Crippen LogP contribution in [0.5, 0.6) is 11.5 Å². The van der Waals surface area contributed by atoms with E-state index in [1.807, 2.05) is 6.07 Å². The highest BCUT2D eigenvalue weighted by Gasteiger charge is 2.18. The number of rotatable bonds is 2. The second kappa shape index (κ2) is 8.00. The van der Waals surface area contributed by atoms with Crippen LogP contribution in [0.15, 0.2) is 24.3 Å². The van der Waals surface area contributed by atoms with Crippen LogP contribution in [0.1, 0.15) is 56.2 Å². The highest BCUT2D eigenvalue weighted by molar-refractivity contribution is 7.14. The van der Waals surface area contributed by atoms with Crippen LogP contribution in [0.2, 0.25) is 0 Å². The minimum Gasteiger partial charge on any atom is -0.486 e. The first-order valence-corrected chi connectivity index (χ1v) is 10.1. The SMILES string of the molecule is O=C(NNC(=O)c1cc2c(s1)CCCCCC2)c1ccc2c(c1)OCCO2. The number of hydrazine groups is 1. The summed E-state index contributed by atoms with van der Waals surface area (Å²) in [6.07, 6.45) is 6.92. The van der Waals surface area contributed by atoms with E-state index in [9.17, 15) is 9.59 Å². The van der Waals surface area contributed by atoms with Crippen molar-refractivity contribution in [2.75, 3.05) is 13.2 Å². The van der Waals surface area contributed by atoms with Crippen molar-refractivity contribution in [1.29, 1.82) is 0 Å². The highest BCUT2D eigenvalue weighted by Crippen LogP contribution is 2.31. The molecule has 0 fully saturated rings. The van der Waals surface area contributed by atoms with Crippen molar-refractivity contribution in [2.24, 2.45) is 0 Å². The number of carbonyl (C=O) groups excluding carboxylic acids is 2. The number of amides is 2. The Morgan fingerprint density at radius 3 is 2.44 bits per heavy atom. The zero-order chi connectivity index (χ0) is 18.6. The molecule has 2 aliphatic rings. The number of carbonyl (C=O) groups is 2. The van der Waals surface area contributed by atoms with Crippen molar-refractivity contribution in [3.05, 3.63) is 45.1 Å². The molecule has 1 aromatic carbocycles. The molecule has 4 rings (SSSR count). The number of aryl methyl sites for hydroxylation is 2. The van der Waals surface area contributed by atoms with Crippen LogP contribution in [0.3, 0.4) is 0 Å². The molecule has 0 saturated carbocycles. The molecule has 0 bridgehead atoms. The minimum atomic E-state index is -0.393. The topological polar surface area (TPSA) is 76.7 Å². The van der Waals surface area contributed by atoms with Gasteiger partial charge in [-0.1, -0.05) is 12.8 Å². The maximum atomic E-state index is 12.4. The lowest BCUT2D eigenvalue weighted by molar-refractivity contribution is 0.0848. The van der Waals surface area contributed by atoms with Gasteiger partial charge in [0.25, 0.3) is 11.8 Å². The normalized spacial score (nSPS) is 15.9. The Kier molecular flexibility index (Phi) is 5.29. The number of thiophene rings is 1. The molecule has 142 valence electrons. The molecule has 0 unspecified atom stereocenters. The summed E-state index contributed by atoms with van der Waals surface area (Å²) in [6.45, 7) is 0.956. The molecule has 27 heavy (non-hydrogen) atoms. The van der Waals surface area contributed by atoms with E-state index in [2.05, 4.69) is 10.9 Å². The van der Waals surface area contributed by atoms with Crippen molar-refractivity contribution in [2.45, 2.75) is 38.5 Å². The van der Waals surface area contributed by atoms with Crippen molar-refractivity contribution >= 4 is 23.2 Å². The maximum absolute atomic E-state index is 12.4. The first kappa shape index (κ1) is 17.9. The van der Waals surface area contributed by atoms with Crippen LogP contribution in [0.25, 0.3) is 0 Å². The molecule has 0 atom stereocenters. The molecule has 2 aromatic rings. The van der Waals surface area contributed by atoms with Gasteiger partial charge in [0.05, 0.1) is 4.88 Å². The van der Waals surface area contributed by atoms with Gasteiger partial charge in [-0.05, 0) is 55.5 Å². The zero-order valence-corrected chi connectivity index (χ0v) is 15.8. The third-order valence-electron chi connectivity index (χ3n) is 4.81. The fourth-order valence-electron chi connectivity index (χ4n) is 3.39. The van der Waals surface area contributed by atoms with E-state index in [1.165, 1.54) is 47.5 Å². The minimum absolute atomic E-state index is 0.280. The van der Waals surface area contributed by atoms with Crippen molar-refractivity contribution in [1.82, 2.24) is 10.9 Å². The molecule has 2 heterocycles. The van der Waals surface area contributed by atoms with Gasteiger partial charge in [-0.25, -0.2) is 0 Å². The van der Waals surface area contributed by atoms with Crippen LogP contribution in [-0.4, -0.2) is 25.0 Å². The Hall–Kier alpha value is -2.54. The molecule has 0 saturated heterocycles. The highest BCUT2D eigenvalue weighted by atomic mass is 32.1. The average molecular weight is 386 g/mol.